The van der Waals surface area contributed by atoms with Gasteiger partial charge in [0.25, 0.3) is 0 Å². The third-order valence-electron chi connectivity index (χ3n) is 4.19. The van der Waals surface area contributed by atoms with E-state index in [0.717, 1.165) is 0 Å². The van der Waals surface area contributed by atoms with Gasteiger partial charge in [-0.25, -0.2) is 14.2 Å². The second kappa shape index (κ2) is 7.92. The molecule has 25 heavy (non-hydrogen) atoms. The van der Waals surface area contributed by atoms with E-state index >= 15 is 0 Å². The van der Waals surface area contributed by atoms with Crippen molar-refractivity contribution in [3.63, 3.8) is 0 Å². The molecular weight excluding hydrogens is 325 g/mol. The monoisotopic (exact) mass is 347 g/mol. The molecule has 6 nitrogen and oxygen atoms in total. The number of pyridine rings is 1. The van der Waals surface area contributed by atoms with Gasteiger partial charge in [-0.1, -0.05) is 26.0 Å². The lowest BCUT2D eigenvalue weighted by atomic mass is 10.00. The van der Waals surface area contributed by atoms with Crippen LogP contribution in [-0.2, 0) is 16.0 Å². The minimum absolute atomic E-state index is 0.115. The number of benzene rings is 1. The number of nitrogen functional groups attached to an aromatic ring is 1. The first-order chi connectivity index (χ1) is 11.8. The highest BCUT2D eigenvalue weighted by molar-refractivity contribution is 5.91. The Morgan fingerprint density at radius 3 is 2.68 bits per heavy atom. The van der Waals surface area contributed by atoms with Gasteiger partial charge < -0.3 is 15.7 Å². The van der Waals surface area contributed by atoms with Crippen molar-refractivity contribution in [1.82, 2.24) is 9.88 Å². The summed E-state index contributed by atoms with van der Waals surface area (Å²) in [4.78, 5) is 28.1. The Morgan fingerprint density at radius 1 is 1.36 bits per heavy atom. The van der Waals surface area contributed by atoms with Gasteiger partial charge in [-0.3, -0.25) is 4.79 Å². The number of aliphatic carboxylic acids is 1. The molecule has 3 N–H and O–H groups in total. The lowest BCUT2D eigenvalue weighted by molar-refractivity contribution is -0.146. The van der Waals surface area contributed by atoms with Crippen LogP contribution in [-0.4, -0.2) is 40.0 Å². The van der Waals surface area contributed by atoms with E-state index in [9.17, 15) is 19.1 Å². The van der Waals surface area contributed by atoms with E-state index in [-0.39, 0.29) is 23.2 Å². The van der Waals surface area contributed by atoms with Crippen LogP contribution in [0.3, 0.4) is 0 Å². The van der Waals surface area contributed by atoms with Crippen molar-refractivity contribution in [1.29, 1.82) is 0 Å². The number of nitrogens with zero attached hydrogens (tertiary/aromatic N) is 2. The third-order valence-corrected chi connectivity index (χ3v) is 4.19. The van der Waals surface area contributed by atoms with Crippen molar-refractivity contribution in [3.05, 3.63) is 35.8 Å². The molecule has 0 aliphatic carbocycles. The third kappa shape index (κ3) is 4.23. The average Bonchev–Trinajstić information content (AvgIpc) is 2.56. The number of aromatic nitrogens is 1. The molecule has 0 aliphatic rings. The zero-order valence-electron chi connectivity index (χ0n) is 14.3. The van der Waals surface area contributed by atoms with Crippen molar-refractivity contribution in [2.75, 3.05) is 12.3 Å². The van der Waals surface area contributed by atoms with E-state index in [2.05, 4.69) is 4.98 Å². The SMILES string of the molecule is CC(C)CCN(C=O)C(Cc1ccc2c(N)nccc2c1F)C(=O)O. The second-order valence-corrected chi connectivity index (χ2v) is 6.41. The van der Waals surface area contributed by atoms with E-state index in [1.165, 1.54) is 23.2 Å². The summed E-state index contributed by atoms with van der Waals surface area (Å²) in [7, 11) is 0. The van der Waals surface area contributed by atoms with Crippen LogP contribution in [0.25, 0.3) is 10.8 Å². The topological polar surface area (TPSA) is 96.5 Å². The number of carbonyl (C=O) groups excluding carboxylic acids is 1. The van der Waals surface area contributed by atoms with E-state index in [1.807, 2.05) is 13.8 Å². The molecule has 1 atom stereocenters. The summed E-state index contributed by atoms with van der Waals surface area (Å²) in [6, 6.07) is 3.49. The van der Waals surface area contributed by atoms with Gasteiger partial charge in [0, 0.05) is 29.9 Å². The largest absolute Gasteiger partial charge is 0.480 e. The Bertz CT molecular complexity index is 779. The Morgan fingerprint density at radius 2 is 2.08 bits per heavy atom. The van der Waals surface area contributed by atoms with Gasteiger partial charge >= 0.3 is 5.97 Å². The number of hydrogen-bond acceptors (Lipinski definition) is 4. The van der Waals surface area contributed by atoms with Gasteiger partial charge in [-0.2, -0.15) is 0 Å². The van der Waals surface area contributed by atoms with Crippen molar-refractivity contribution in [2.24, 2.45) is 5.92 Å². The Balaban J connectivity index is 2.33. The molecule has 7 heteroatoms. The van der Waals surface area contributed by atoms with Gasteiger partial charge in [0.1, 0.15) is 17.7 Å². The Labute approximate surface area is 145 Å². The molecule has 0 fully saturated rings. The van der Waals surface area contributed by atoms with Gasteiger partial charge in [0.15, 0.2) is 0 Å². The fraction of sp³-hybridized carbons (Fsp3) is 0.389. The van der Waals surface area contributed by atoms with Gasteiger partial charge in [0.05, 0.1) is 0 Å². The first-order valence-electron chi connectivity index (χ1n) is 8.10. The molecule has 0 saturated heterocycles. The fourth-order valence-corrected chi connectivity index (χ4v) is 2.69. The van der Waals surface area contributed by atoms with Gasteiger partial charge in [-0.15, -0.1) is 0 Å². The summed E-state index contributed by atoms with van der Waals surface area (Å²) < 4.78 is 14.8. The zero-order chi connectivity index (χ0) is 18.6. The predicted molar refractivity (Wildman–Crippen MR) is 93.5 cm³/mol. The summed E-state index contributed by atoms with van der Waals surface area (Å²) in [5.74, 6) is -1.16. The molecule has 2 aromatic rings. The normalized spacial score (nSPS) is 12.3. The maximum absolute atomic E-state index is 14.8. The Hall–Kier alpha value is -2.70. The molecule has 0 spiro atoms. The quantitative estimate of drug-likeness (QED) is 0.715. The second-order valence-electron chi connectivity index (χ2n) is 6.41. The molecule has 0 radical (unpaired) electrons. The summed E-state index contributed by atoms with van der Waals surface area (Å²) >= 11 is 0. The maximum atomic E-state index is 14.8. The van der Waals surface area contributed by atoms with Crippen LogP contribution in [0.4, 0.5) is 10.2 Å². The number of anilines is 1. The first kappa shape index (κ1) is 18.6. The van der Waals surface area contributed by atoms with Crippen molar-refractivity contribution in [2.45, 2.75) is 32.7 Å². The number of halogens is 1. The maximum Gasteiger partial charge on any atom is 0.326 e. The minimum Gasteiger partial charge on any atom is -0.480 e. The van der Waals surface area contributed by atoms with E-state index in [0.29, 0.717) is 30.7 Å². The van der Waals surface area contributed by atoms with Crippen molar-refractivity contribution >= 4 is 29.0 Å². The summed E-state index contributed by atoms with van der Waals surface area (Å²) in [5.41, 5.74) is 5.96. The van der Waals surface area contributed by atoms with Crippen molar-refractivity contribution < 1.29 is 19.1 Å². The molecular formula is C18H22FN3O3. The highest BCUT2D eigenvalue weighted by Crippen LogP contribution is 2.25. The lowest BCUT2D eigenvalue weighted by Crippen LogP contribution is -2.43. The molecule has 0 aliphatic heterocycles. The molecule has 134 valence electrons. The Kier molecular flexibility index (Phi) is 5.90. The zero-order valence-corrected chi connectivity index (χ0v) is 14.3. The van der Waals surface area contributed by atoms with Crippen LogP contribution in [0.15, 0.2) is 24.4 Å². The molecule has 2 rings (SSSR count). The smallest absolute Gasteiger partial charge is 0.326 e. The molecule has 1 aromatic carbocycles. The minimum atomic E-state index is -1.16. The molecule has 1 heterocycles. The summed E-state index contributed by atoms with van der Waals surface area (Å²) in [6.07, 6.45) is 2.47. The summed E-state index contributed by atoms with van der Waals surface area (Å²) in [5, 5.41) is 10.3. The predicted octanol–water partition coefficient (Wildman–Crippen LogP) is 2.46. The van der Waals surface area contributed by atoms with Gasteiger partial charge in [-0.05, 0) is 24.0 Å². The van der Waals surface area contributed by atoms with Crippen LogP contribution >= 0.6 is 0 Å². The number of carboxylic acids is 1. The van der Waals surface area contributed by atoms with Crippen LogP contribution in [0.5, 0.6) is 0 Å². The fourth-order valence-electron chi connectivity index (χ4n) is 2.69. The molecule has 0 bridgehead atoms. The van der Waals surface area contributed by atoms with Crippen LogP contribution in [0.1, 0.15) is 25.8 Å². The van der Waals surface area contributed by atoms with Crippen LogP contribution < -0.4 is 5.73 Å². The average molecular weight is 347 g/mol. The van der Waals surface area contributed by atoms with Gasteiger partial charge in [0.2, 0.25) is 6.41 Å². The van der Waals surface area contributed by atoms with E-state index in [4.69, 9.17) is 5.73 Å². The molecule has 1 amide bonds. The molecule has 1 aromatic heterocycles. The number of hydrogen-bond donors (Lipinski definition) is 2. The van der Waals surface area contributed by atoms with Crippen LogP contribution in [0.2, 0.25) is 0 Å². The van der Waals surface area contributed by atoms with Crippen molar-refractivity contribution in [3.8, 4) is 0 Å². The molecule has 0 saturated carbocycles. The highest BCUT2D eigenvalue weighted by atomic mass is 19.1. The number of carboxylic acid groups (broad SMARTS) is 1. The number of carbonyl (C=O) groups is 2. The summed E-state index contributed by atoms with van der Waals surface area (Å²) in [6.45, 7) is 4.28. The number of fused-ring (bicyclic) bond motifs is 1. The highest BCUT2D eigenvalue weighted by Gasteiger charge is 2.26. The number of rotatable bonds is 8. The van der Waals surface area contributed by atoms with E-state index in [1.54, 1.807) is 6.07 Å². The van der Waals surface area contributed by atoms with E-state index < -0.39 is 17.8 Å². The van der Waals surface area contributed by atoms with Crippen LogP contribution in [0, 0.1) is 11.7 Å². The lowest BCUT2D eigenvalue weighted by Gasteiger charge is -2.26. The molecule has 1 unspecified atom stereocenters. The first-order valence-corrected chi connectivity index (χ1v) is 8.10. The number of nitrogens with two attached hydrogens (primary N) is 1. The number of amides is 1. The standard InChI is InChI=1S/C18H22FN3O3/c1-11(2)6-8-22(10-23)15(18(24)25)9-12-3-4-14-13(16(12)19)5-7-21-17(14)20/h3-5,7,10-11,15H,6,8-9H2,1-2H3,(H2,20,21)(H,24,25).